The zero-order chi connectivity index (χ0) is 27.4. The van der Waals surface area contributed by atoms with Crippen LogP contribution in [0.4, 0.5) is 0 Å². The van der Waals surface area contributed by atoms with Crippen molar-refractivity contribution in [3.05, 3.63) is 70.5 Å². The highest BCUT2D eigenvalue weighted by Crippen LogP contribution is 2.44. The highest BCUT2D eigenvalue weighted by atomic mass is 35.5. The number of rotatable bonds is 5. The first-order chi connectivity index (χ1) is 18.0. The summed E-state index contributed by atoms with van der Waals surface area (Å²) in [5, 5.41) is 2.59. The maximum absolute atomic E-state index is 13.1. The highest BCUT2D eigenvalue weighted by Gasteiger charge is 2.33. The van der Waals surface area contributed by atoms with Crippen molar-refractivity contribution in [2.75, 3.05) is 7.11 Å². The third-order valence-corrected chi connectivity index (χ3v) is 7.86. The van der Waals surface area contributed by atoms with Gasteiger partial charge in [0.2, 0.25) is 0 Å². The van der Waals surface area contributed by atoms with Crippen LogP contribution in [0.25, 0.3) is 42.9 Å². The molecule has 0 amide bonds. The molecule has 5 aromatic rings. The molecule has 2 aromatic carbocycles. The number of hydrogen-bond acceptors (Lipinski definition) is 6. The van der Waals surface area contributed by atoms with E-state index in [9.17, 15) is 4.79 Å². The van der Waals surface area contributed by atoms with E-state index in [1.165, 1.54) is 7.11 Å². The summed E-state index contributed by atoms with van der Waals surface area (Å²) in [5.41, 5.74) is 6.80. The standard InChI is InChI=1S/C30H30ClN3O3S/c1-16-12-22-26(38-28(33-22)19-13-21-17(2)15-34(6)27(21)32-14-19)24(18-8-10-20(31)11-9-18)23(16)25(29(35)36-7)37-30(3,4)5/h8-15,25H,1-7H3. The quantitative estimate of drug-likeness (QED) is 0.210. The molecule has 0 bridgehead atoms. The van der Waals surface area contributed by atoms with Gasteiger partial charge in [0.05, 0.1) is 22.9 Å². The van der Waals surface area contributed by atoms with E-state index < -0.39 is 17.7 Å². The average molecular weight is 548 g/mol. The van der Waals surface area contributed by atoms with Gasteiger partial charge < -0.3 is 14.0 Å². The number of methoxy groups -OCH3 is 1. The average Bonchev–Trinajstić information content (AvgIpc) is 3.41. The molecular formula is C30H30ClN3O3S. The Morgan fingerprint density at radius 2 is 1.79 bits per heavy atom. The van der Waals surface area contributed by atoms with E-state index in [2.05, 4.69) is 19.2 Å². The van der Waals surface area contributed by atoms with Gasteiger partial charge in [0.15, 0.2) is 6.10 Å². The van der Waals surface area contributed by atoms with Crippen molar-refractivity contribution in [2.24, 2.45) is 7.05 Å². The summed E-state index contributed by atoms with van der Waals surface area (Å²) in [4.78, 5) is 22.8. The van der Waals surface area contributed by atoms with Crippen LogP contribution in [-0.4, -0.2) is 33.2 Å². The van der Waals surface area contributed by atoms with Crippen molar-refractivity contribution in [1.82, 2.24) is 14.5 Å². The minimum atomic E-state index is -0.911. The van der Waals surface area contributed by atoms with E-state index in [4.69, 9.17) is 31.0 Å². The predicted octanol–water partition coefficient (Wildman–Crippen LogP) is 7.82. The SMILES string of the molecule is COC(=O)C(OC(C)(C)C)c1c(C)cc2nc(-c3cnc4c(c3)c(C)cn4C)sc2c1-c1ccc(Cl)cc1. The van der Waals surface area contributed by atoms with Crippen molar-refractivity contribution in [2.45, 2.75) is 46.3 Å². The molecule has 196 valence electrons. The van der Waals surface area contributed by atoms with E-state index in [-0.39, 0.29) is 0 Å². The lowest BCUT2D eigenvalue weighted by Gasteiger charge is -2.28. The first-order valence-corrected chi connectivity index (χ1v) is 13.5. The molecule has 0 aliphatic rings. The fourth-order valence-corrected chi connectivity index (χ4v) is 6.06. The molecule has 6 nitrogen and oxygen atoms in total. The molecule has 0 spiro atoms. The zero-order valence-corrected chi connectivity index (χ0v) is 24.1. The first-order valence-electron chi connectivity index (χ1n) is 12.3. The summed E-state index contributed by atoms with van der Waals surface area (Å²) in [6.45, 7) is 9.85. The Morgan fingerprint density at radius 1 is 1.08 bits per heavy atom. The summed E-state index contributed by atoms with van der Waals surface area (Å²) >= 11 is 7.82. The maximum Gasteiger partial charge on any atom is 0.339 e. The monoisotopic (exact) mass is 547 g/mol. The van der Waals surface area contributed by atoms with Gasteiger partial charge in [-0.05, 0) is 75.6 Å². The molecule has 3 heterocycles. The van der Waals surface area contributed by atoms with Gasteiger partial charge >= 0.3 is 5.97 Å². The second-order valence-electron chi connectivity index (χ2n) is 10.5. The van der Waals surface area contributed by atoms with E-state index in [1.54, 1.807) is 11.3 Å². The van der Waals surface area contributed by atoms with Crippen LogP contribution in [0, 0.1) is 13.8 Å². The van der Waals surface area contributed by atoms with Crippen LogP contribution in [0.15, 0.2) is 48.8 Å². The van der Waals surface area contributed by atoms with Crippen molar-refractivity contribution < 1.29 is 14.3 Å². The second kappa shape index (κ2) is 9.80. The number of hydrogen-bond donors (Lipinski definition) is 0. The molecule has 1 unspecified atom stereocenters. The van der Waals surface area contributed by atoms with Gasteiger partial charge in [0.1, 0.15) is 10.7 Å². The molecule has 5 rings (SSSR count). The van der Waals surface area contributed by atoms with Gasteiger partial charge in [-0.2, -0.15) is 0 Å². The molecule has 3 aromatic heterocycles. The number of carbonyl (C=O) groups excluding carboxylic acids is 1. The Bertz CT molecular complexity index is 1680. The third kappa shape index (κ3) is 4.82. The van der Waals surface area contributed by atoms with Gasteiger partial charge in [-0.1, -0.05) is 23.7 Å². The van der Waals surface area contributed by atoms with E-state index in [0.717, 1.165) is 59.6 Å². The topological polar surface area (TPSA) is 66.2 Å². The molecule has 0 radical (unpaired) electrons. The summed E-state index contributed by atoms with van der Waals surface area (Å²) in [5.74, 6) is -0.448. The van der Waals surface area contributed by atoms with Crippen molar-refractivity contribution in [1.29, 1.82) is 0 Å². The molecule has 0 aliphatic heterocycles. The molecule has 0 fully saturated rings. The highest BCUT2D eigenvalue weighted by molar-refractivity contribution is 7.22. The minimum absolute atomic E-state index is 0.448. The Balaban J connectivity index is 1.79. The lowest BCUT2D eigenvalue weighted by atomic mass is 9.91. The zero-order valence-electron chi connectivity index (χ0n) is 22.5. The summed E-state index contributed by atoms with van der Waals surface area (Å²) in [7, 11) is 3.39. The van der Waals surface area contributed by atoms with Crippen LogP contribution in [0.1, 0.15) is 43.6 Å². The van der Waals surface area contributed by atoms with Crippen LogP contribution >= 0.6 is 22.9 Å². The van der Waals surface area contributed by atoms with Gasteiger partial charge in [-0.15, -0.1) is 11.3 Å². The van der Waals surface area contributed by atoms with Crippen LogP contribution in [0.5, 0.6) is 0 Å². The number of benzene rings is 2. The largest absolute Gasteiger partial charge is 0.467 e. The maximum atomic E-state index is 13.1. The number of halogens is 1. The number of aryl methyl sites for hydroxylation is 3. The second-order valence-corrected chi connectivity index (χ2v) is 11.9. The van der Waals surface area contributed by atoms with E-state index in [1.807, 2.05) is 75.8 Å². The van der Waals surface area contributed by atoms with E-state index >= 15 is 0 Å². The van der Waals surface area contributed by atoms with Crippen LogP contribution in [0.3, 0.4) is 0 Å². The Labute approximate surface area is 231 Å². The molecule has 8 heteroatoms. The number of nitrogens with zero attached hydrogens (tertiary/aromatic N) is 3. The first kappa shape index (κ1) is 26.4. The lowest BCUT2D eigenvalue weighted by Crippen LogP contribution is -2.29. The number of fused-ring (bicyclic) bond motifs is 2. The fourth-order valence-electron chi connectivity index (χ4n) is 4.83. The van der Waals surface area contributed by atoms with Crippen molar-refractivity contribution >= 4 is 50.2 Å². The number of thiazole rings is 1. The molecule has 1 atom stereocenters. The van der Waals surface area contributed by atoms with Gasteiger partial charge in [-0.3, -0.25) is 0 Å². The smallest absolute Gasteiger partial charge is 0.339 e. The van der Waals surface area contributed by atoms with Crippen molar-refractivity contribution in [3.63, 3.8) is 0 Å². The van der Waals surface area contributed by atoms with Crippen molar-refractivity contribution in [3.8, 4) is 21.7 Å². The van der Waals surface area contributed by atoms with Crippen LogP contribution < -0.4 is 0 Å². The number of esters is 1. The molecule has 0 saturated carbocycles. The van der Waals surface area contributed by atoms with Crippen LogP contribution in [-0.2, 0) is 21.3 Å². The van der Waals surface area contributed by atoms with Gasteiger partial charge in [0, 0.05) is 46.5 Å². The molecular weight excluding hydrogens is 518 g/mol. The van der Waals surface area contributed by atoms with Gasteiger partial charge in [0.25, 0.3) is 0 Å². The van der Waals surface area contributed by atoms with Crippen LogP contribution in [0.2, 0.25) is 5.02 Å². The summed E-state index contributed by atoms with van der Waals surface area (Å²) < 4.78 is 14.5. The number of ether oxygens (including phenoxy) is 2. The normalized spacial score (nSPS) is 12.8. The molecule has 0 aliphatic carbocycles. The molecule has 0 N–H and O–H groups in total. The minimum Gasteiger partial charge on any atom is -0.467 e. The molecule has 0 saturated heterocycles. The number of aromatic nitrogens is 3. The predicted molar refractivity (Wildman–Crippen MR) is 155 cm³/mol. The number of pyridine rings is 1. The Morgan fingerprint density at radius 3 is 2.45 bits per heavy atom. The Kier molecular flexibility index (Phi) is 6.80. The van der Waals surface area contributed by atoms with Gasteiger partial charge in [-0.25, -0.2) is 14.8 Å². The molecule has 38 heavy (non-hydrogen) atoms. The number of carbonyl (C=O) groups is 1. The Hall–Kier alpha value is -3.26. The fraction of sp³-hybridized carbons (Fsp3) is 0.300. The van der Waals surface area contributed by atoms with E-state index in [0.29, 0.717) is 5.02 Å². The third-order valence-electron chi connectivity index (χ3n) is 6.47. The lowest BCUT2D eigenvalue weighted by molar-refractivity contribution is -0.164. The summed E-state index contributed by atoms with van der Waals surface area (Å²) in [6, 6.07) is 11.8. The summed E-state index contributed by atoms with van der Waals surface area (Å²) in [6.07, 6.45) is 3.04.